The fraction of sp³-hybridized carbons (Fsp3) is 0.938. The number of hydrogen-bond donors (Lipinski definition) is 1. The van der Waals surface area contributed by atoms with Crippen molar-refractivity contribution in [2.24, 2.45) is 0 Å². The third-order valence-electron chi connectivity index (χ3n) is 3.74. The second-order valence-corrected chi connectivity index (χ2v) is 8.68. The number of ether oxygens (including phenoxy) is 3. The SMILES string of the molecule is CCC(C)OCCCOC(=O)CC(O)OCCC[Si](OC)(OC)OC. The molecule has 9 heteroatoms. The lowest BCUT2D eigenvalue weighted by atomic mass is 10.3. The highest BCUT2D eigenvalue weighted by atomic mass is 28.4. The number of esters is 1. The van der Waals surface area contributed by atoms with Crippen LogP contribution in [0.2, 0.25) is 6.04 Å². The van der Waals surface area contributed by atoms with E-state index in [1.807, 2.05) is 13.8 Å². The number of hydrogen-bond acceptors (Lipinski definition) is 8. The molecule has 0 saturated carbocycles. The second kappa shape index (κ2) is 14.6. The van der Waals surface area contributed by atoms with E-state index in [1.165, 1.54) is 0 Å². The van der Waals surface area contributed by atoms with E-state index in [9.17, 15) is 9.90 Å². The van der Waals surface area contributed by atoms with Gasteiger partial charge in [-0.2, -0.15) is 0 Å². The van der Waals surface area contributed by atoms with Crippen LogP contribution in [0.4, 0.5) is 0 Å². The summed E-state index contributed by atoms with van der Waals surface area (Å²) >= 11 is 0. The van der Waals surface area contributed by atoms with E-state index in [-0.39, 0.29) is 25.7 Å². The van der Waals surface area contributed by atoms with Crippen molar-refractivity contribution in [2.45, 2.75) is 58.0 Å². The first-order chi connectivity index (χ1) is 11.9. The van der Waals surface area contributed by atoms with Gasteiger partial charge in [-0.05, 0) is 19.8 Å². The third kappa shape index (κ3) is 11.6. The van der Waals surface area contributed by atoms with Crippen molar-refractivity contribution in [1.82, 2.24) is 0 Å². The minimum Gasteiger partial charge on any atom is -0.465 e. The second-order valence-electron chi connectivity index (χ2n) is 5.59. The molecule has 0 aliphatic heterocycles. The van der Waals surface area contributed by atoms with Gasteiger partial charge in [-0.1, -0.05) is 6.92 Å². The van der Waals surface area contributed by atoms with Gasteiger partial charge in [0.05, 0.1) is 25.7 Å². The third-order valence-corrected chi connectivity index (χ3v) is 6.57. The van der Waals surface area contributed by atoms with Gasteiger partial charge in [0.2, 0.25) is 0 Å². The Morgan fingerprint density at radius 3 is 2.16 bits per heavy atom. The van der Waals surface area contributed by atoms with Crippen LogP contribution in [-0.4, -0.2) is 73.4 Å². The Kier molecular flexibility index (Phi) is 14.3. The van der Waals surface area contributed by atoms with Gasteiger partial charge < -0.3 is 32.6 Å². The first-order valence-corrected chi connectivity index (χ1v) is 10.6. The van der Waals surface area contributed by atoms with E-state index in [1.54, 1.807) is 21.3 Å². The quantitative estimate of drug-likeness (QED) is 0.187. The van der Waals surface area contributed by atoms with E-state index in [4.69, 9.17) is 27.5 Å². The van der Waals surface area contributed by atoms with Gasteiger partial charge in [0.15, 0.2) is 6.29 Å². The Morgan fingerprint density at radius 1 is 1.00 bits per heavy atom. The first-order valence-electron chi connectivity index (χ1n) is 8.65. The number of carbonyl (C=O) groups excluding carboxylic acids is 1. The smallest absolute Gasteiger partial charge is 0.465 e. The van der Waals surface area contributed by atoms with Crippen LogP contribution in [0.15, 0.2) is 0 Å². The molecule has 0 rings (SSSR count). The predicted octanol–water partition coefficient (Wildman–Crippen LogP) is 1.73. The maximum atomic E-state index is 11.6. The Hall–Kier alpha value is -0.553. The maximum Gasteiger partial charge on any atom is 0.500 e. The van der Waals surface area contributed by atoms with Crippen LogP contribution in [0.3, 0.4) is 0 Å². The van der Waals surface area contributed by atoms with Crippen LogP contribution in [-0.2, 0) is 32.3 Å². The number of rotatable bonds is 16. The van der Waals surface area contributed by atoms with Crippen molar-refractivity contribution < 1.29 is 37.4 Å². The molecule has 8 nitrogen and oxygen atoms in total. The van der Waals surface area contributed by atoms with E-state index in [0.717, 1.165) is 6.42 Å². The summed E-state index contributed by atoms with van der Waals surface area (Å²) in [7, 11) is 2.00. The molecule has 0 aliphatic rings. The van der Waals surface area contributed by atoms with Crippen molar-refractivity contribution in [3.63, 3.8) is 0 Å². The molecule has 0 heterocycles. The normalized spacial score (nSPS) is 14.3. The Bertz CT molecular complexity index is 330. The molecule has 0 bridgehead atoms. The largest absolute Gasteiger partial charge is 0.500 e. The lowest BCUT2D eigenvalue weighted by Gasteiger charge is -2.24. The molecule has 0 fully saturated rings. The van der Waals surface area contributed by atoms with E-state index in [2.05, 4.69) is 0 Å². The number of aliphatic hydroxyl groups excluding tert-OH is 1. The van der Waals surface area contributed by atoms with Crippen LogP contribution < -0.4 is 0 Å². The molecule has 0 aromatic carbocycles. The fourth-order valence-corrected chi connectivity index (χ4v) is 3.66. The summed E-state index contributed by atoms with van der Waals surface area (Å²) in [5.41, 5.74) is 0. The van der Waals surface area contributed by atoms with Crippen LogP contribution in [0.1, 0.15) is 39.5 Å². The lowest BCUT2D eigenvalue weighted by Crippen LogP contribution is -2.42. The summed E-state index contributed by atoms with van der Waals surface area (Å²) in [6.07, 6.45) is 0.986. The number of aliphatic hydroxyl groups is 1. The zero-order chi connectivity index (χ0) is 19.1. The fourth-order valence-electron chi connectivity index (χ4n) is 1.97. The summed E-state index contributed by atoms with van der Waals surface area (Å²) in [5.74, 6) is -0.495. The summed E-state index contributed by atoms with van der Waals surface area (Å²) in [4.78, 5) is 11.6. The summed E-state index contributed by atoms with van der Waals surface area (Å²) < 4.78 is 31.6. The lowest BCUT2D eigenvalue weighted by molar-refractivity contribution is -0.159. The Morgan fingerprint density at radius 2 is 1.60 bits per heavy atom. The van der Waals surface area contributed by atoms with E-state index >= 15 is 0 Å². The van der Waals surface area contributed by atoms with Gasteiger partial charge >= 0.3 is 14.8 Å². The van der Waals surface area contributed by atoms with Gasteiger partial charge in [0, 0.05) is 40.4 Å². The highest BCUT2D eigenvalue weighted by Gasteiger charge is 2.36. The molecule has 150 valence electrons. The van der Waals surface area contributed by atoms with Gasteiger partial charge in [-0.3, -0.25) is 4.79 Å². The highest BCUT2D eigenvalue weighted by Crippen LogP contribution is 2.15. The first kappa shape index (κ1) is 24.4. The summed E-state index contributed by atoms with van der Waals surface area (Å²) in [6.45, 7) is 5.13. The zero-order valence-electron chi connectivity index (χ0n) is 16.1. The molecular formula is C16H34O8Si. The molecule has 2 unspecified atom stereocenters. The average Bonchev–Trinajstić information content (AvgIpc) is 2.62. The van der Waals surface area contributed by atoms with Crippen molar-refractivity contribution in [3.05, 3.63) is 0 Å². The van der Waals surface area contributed by atoms with Gasteiger partial charge in [-0.15, -0.1) is 0 Å². The molecule has 0 saturated heterocycles. The maximum absolute atomic E-state index is 11.6. The van der Waals surface area contributed by atoms with Crippen molar-refractivity contribution in [3.8, 4) is 0 Å². The van der Waals surface area contributed by atoms with E-state index in [0.29, 0.717) is 25.5 Å². The van der Waals surface area contributed by atoms with Crippen molar-refractivity contribution in [1.29, 1.82) is 0 Å². The highest BCUT2D eigenvalue weighted by molar-refractivity contribution is 6.60. The minimum absolute atomic E-state index is 0.201. The van der Waals surface area contributed by atoms with Gasteiger partial charge in [-0.25, -0.2) is 0 Å². The van der Waals surface area contributed by atoms with Crippen LogP contribution in [0.5, 0.6) is 0 Å². The van der Waals surface area contributed by atoms with Gasteiger partial charge in [0.25, 0.3) is 0 Å². The molecule has 0 radical (unpaired) electrons. The van der Waals surface area contributed by atoms with Crippen LogP contribution in [0.25, 0.3) is 0 Å². The topological polar surface area (TPSA) is 92.7 Å². The van der Waals surface area contributed by atoms with Crippen LogP contribution in [0, 0.1) is 0 Å². The molecule has 0 amide bonds. The zero-order valence-corrected chi connectivity index (χ0v) is 17.1. The summed E-state index contributed by atoms with van der Waals surface area (Å²) in [5, 5.41) is 9.70. The monoisotopic (exact) mass is 382 g/mol. The molecule has 0 aliphatic carbocycles. The predicted molar refractivity (Wildman–Crippen MR) is 94.1 cm³/mol. The molecule has 25 heavy (non-hydrogen) atoms. The van der Waals surface area contributed by atoms with E-state index < -0.39 is 21.1 Å². The molecule has 0 aromatic heterocycles. The Labute approximate surface area is 152 Å². The van der Waals surface area contributed by atoms with Crippen molar-refractivity contribution >= 4 is 14.8 Å². The molecule has 0 aromatic rings. The van der Waals surface area contributed by atoms with Crippen molar-refractivity contribution in [2.75, 3.05) is 41.2 Å². The minimum atomic E-state index is -2.62. The number of carbonyl (C=O) groups is 1. The molecule has 0 spiro atoms. The molecular weight excluding hydrogens is 348 g/mol. The Balaban J connectivity index is 3.74. The average molecular weight is 383 g/mol. The molecule has 1 N–H and O–H groups in total. The van der Waals surface area contributed by atoms with Crippen LogP contribution >= 0.6 is 0 Å². The molecule has 2 atom stereocenters. The summed E-state index contributed by atoms with van der Waals surface area (Å²) in [6, 6.07) is 0.559. The van der Waals surface area contributed by atoms with Gasteiger partial charge in [0.1, 0.15) is 0 Å². The standard InChI is InChI=1S/C16H34O8Si/c1-6-14(2)22-9-7-10-23-15(17)13-16(18)24-11-8-12-25(19-3,20-4)21-5/h14,16,18H,6-13H2,1-5H3.